The number of benzene rings is 2. The Morgan fingerprint density at radius 3 is 2.53 bits per heavy atom. The van der Waals surface area contributed by atoms with Crippen molar-refractivity contribution in [2.75, 3.05) is 13.2 Å². The van der Waals surface area contributed by atoms with Gasteiger partial charge in [0.1, 0.15) is 5.41 Å². The van der Waals surface area contributed by atoms with E-state index >= 15 is 0 Å². The van der Waals surface area contributed by atoms with Gasteiger partial charge in [0.2, 0.25) is 5.91 Å². The van der Waals surface area contributed by atoms with E-state index in [9.17, 15) is 10.1 Å². The van der Waals surface area contributed by atoms with E-state index in [2.05, 4.69) is 30.6 Å². The molecule has 4 atom stereocenters. The summed E-state index contributed by atoms with van der Waals surface area (Å²) in [6.07, 6.45) is 1.18. The second-order valence-electron chi connectivity index (χ2n) is 8.72. The third kappa shape index (κ3) is 4.94. The molecule has 2 aromatic rings. The quantitative estimate of drug-likeness (QED) is 0.495. The molecule has 1 aliphatic heterocycles. The number of aliphatic hydroxyl groups excluding tert-OH is 1. The molecule has 0 spiro atoms. The fraction of sp³-hybridized carbons (Fsp3) is 0.440. The molecule has 0 bridgehead atoms. The van der Waals surface area contributed by atoms with Crippen LogP contribution in [-0.4, -0.2) is 36.2 Å². The van der Waals surface area contributed by atoms with Crippen LogP contribution in [0.2, 0.25) is 10.0 Å². The monoisotopic (exact) mass is 473 g/mol. The third-order valence-electron chi connectivity index (χ3n) is 6.09. The van der Waals surface area contributed by atoms with Crippen LogP contribution in [0.3, 0.4) is 0 Å². The first kappa shape index (κ1) is 24.5. The maximum absolute atomic E-state index is 13.3. The van der Waals surface area contributed by atoms with Gasteiger partial charge in [-0.2, -0.15) is 5.26 Å². The van der Waals surface area contributed by atoms with Crippen molar-refractivity contribution in [1.29, 1.82) is 5.26 Å². The molecule has 5 nitrogen and oxygen atoms in total. The fourth-order valence-electron chi connectivity index (χ4n) is 4.75. The summed E-state index contributed by atoms with van der Waals surface area (Å²) in [6, 6.07) is 16.4. The Hall–Kier alpha value is -2.10. The van der Waals surface area contributed by atoms with E-state index in [-0.39, 0.29) is 18.6 Å². The van der Waals surface area contributed by atoms with Crippen LogP contribution in [0, 0.1) is 17.2 Å². The average Bonchev–Trinajstić information content (AvgIpc) is 3.08. The Labute approximate surface area is 199 Å². The lowest BCUT2D eigenvalue weighted by molar-refractivity contribution is -0.123. The standard InChI is InChI=1S/C25H29Cl2N3O2/c1-16(2)13-21-25(15-28,18-7-9-19(26)10-8-18)22(17-5-3-6-20(27)14-17)23(30-21)24(32)29-11-4-12-31/h3,5-10,14,16,21-23,30-31H,4,11-13H2,1-2H3,(H,29,32). The summed E-state index contributed by atoms with van der Waals surface area (Å²) in [6.45, 7) is 4.58. The SMILES string of the molecule is CC(C)CC1NC(C(=O)NCCCO)C(c2cccc(Cl)c2)C1(C#N)c1ccc(Cl)cc1. The van der Waals surface area contributed by atoms with Crippen molar-refractivity contribution in [3.63, 3.8) is 0 Å². The first-order valence-corrected chi connectivity index (χ1v) is 11.7. The number of amides is 1. The van der Waals surface area contributed by atoms with Crippen LogP contribution in [0.1, 0.15) is 43.7 Å². The van der Waals surface area contributed by atoms with Gasteiger partial charge < -0.3 is 15.7 Å². The van der Waals surface area contributed by atoms with Gasteiger partial charge in [0.25, 0.3) is 0 Å². The molecule has 0 radical (unpaired) electrons. The number of carbonyl (C=O) groups excluding carboxylic acids is 1. The minimum atomic E-state index is -1.00. The van der Waals surface area contributed by atoms with Crippen molar-refractivity contribution in [3.8, 4) is 6.07 Å². The van der Waals surface area contributed by atoms with Gasteiger partial charge in [-0.15, -0.1) is 0 Å². The van der Waals surface area contributed by atoms with Crippen LogP contribution in [0.5, 0.6) is 0 Å². The van der Waals surface area contributed by atoms with E-state index in [0.29, 0.717) is 35.3 Å². The molecule has 2 aromatic carbocycles. The van der Waals surface area contributed by atoms with Gasteiger partial charge in [0.05, 0.1) is 12.1 Å². The summed E-state index contributed by atoms with van der Waals surface area (Å²) in [7, 11) is 0. The molecular formula is C25H29Cl2N3O2. The van der Waals surface area contributed by atoms with Gasteiger partial charge in [0, 0.05) is 35.2 Å². The Kier molecular flexibility index (Phi) is 8.19. The minimum Gasteiger partial charge on any atom is -0.396 e. The van der Waals surface area contributed by atoms with Gasteiger partial charge in [-0.05, 0) is 54.2 Å². The van der Waals surface area contributed by atoms with E-state index < -0.39 is 17.4 Å². The number of nitrogens with one attached hydrogen (secondary N) is 2. The normalized spacial score (nSPS) is 25.0. The Bertz CT molecular complexity index is 974. The number of nitrogens with zero attached hydrogens (tertiary/aromatic N) is 1. The van der Waals surface area contributed by atoms with Crippen molar-refractivity contribution in [1.82, 2.24) is 10.6 Å². The summed E-state index contributed by atoms with van der Waals surface area (Å²) in [4.78, 5) is 13.3. The number of hydrogen-bond donors (Lipinski definition) is 3. The summed E-state index contributed by atoms with van der Waals surface area (Å²) >= 11 is 12.5. The lowest BCUT2D eigenvalue weighted by Gasteiger charge is -2.35. The summed E-state index contributed by atoms with van der Waals surface area (Å²) in [5, 5.41) is 27.4. The topological polar surface area (TPSA) is 85.2 Å². The highest BCUT2D eigenvalue weighted by Crippen LogP contribution is 2.50. The maximum Gasteiger partial charge on any atom is 0.237 e. The largest absolute Gasteiger partial charge is 0.396 e. The highest BCUT2D eigenvalue weighted by molar-refractivity contribution is 6.30. The molecule has 7 heteroatoms. The number of nitriles is 1. The zero-order valence-corrected chi connectivity index (χ0v) is 19.8. The Morgan fingerprint density at radius 2 is 1.94 bits per heavy atom. The second kappa shape index (κ2) is 10.7. The molecule has 3 rings (SSSR count). The lowest BCUT2D eigenvalue weighted by Crippen LogP contribution is -2.45. The van der Waals surface area contributed by atoms with Crippen molar-refractivity contribution in [2.45, 2.75) is 50.1 Å². The molecule has 0 aromatic heterocycles. The fourth-order valence-corrected chi connectivity index (χ4v) is 5.08. The van der Waals surface area contributed by atoms with Crippen LogP contribution in [0.4, 0.5) is 0 Å². The lowest BCUT2D eigenvalue weighted by atomic mass is 9.64. The van der Waals surface area contributed by atoms with Crippen LogP contribution in [0.15, 0.2) is 48.5 Å². The number of hydrogen-bond acceptors (Lipinski definition) is 4. The van der Waals surface area contributed by atoms with Gasteiger partial charge in [-0.1, -0.05) is 61.3 Å². The van der Waals surface area contributed by atoms with Crippen molar-refractivity contribution in [2.24, 2.45) is 5.92 Å². The number of rotatable bonds is 8. The van der Waals surface area contributed by atoms with Crippen LogP contribution in [0.25, 0.3) is 0 Å². The summed E-state index contributed by atoms with van der Waals surface area (Å²) in [5.41, 5.74) is 0.645. The van der Waals surface area contributed by atoms with Crippen LogP contribution >= 0.6 is 23.2 Å². The van der Waals surface area contributed by atoms with Crippen molar-refractivity contribution >= 4 is 29.1 Å². The number of halogens is 2. The Balaban J connectivity index is 2.18. The molecule has 4 unspecified atom stereocenters. The van der Waals surface area contributed by atoms with E-state index in [1.165, 1.54) is 0 Å². The number of carbonyl (C=O) groups is 1. The zero-order valence-electron chi connectivity index (χ0n) is 18.3. The molecular weight excluding hydrogens is 445 g/mol. The van der Waals surface area contributed by atoms with E-state index in [0.717, 1.165) is 11.1 Å². The highest BCUT2D eigenvalue weighted by atomic mass is 35.5. The summed E-state index contributed by atoms with van der Waals surface area (Å²) in [5.74, 6) is -0.350. The molecule has 170 valence electrons. The second-order valence-corrected chi connectivity index (χ2v) is 9.59. The predicted molar refractivity (Wildman–Crippen MR) is 128 cm³/mol. The minimum absolute atomic E-state index is 0.00101. The molecule has 0 saturated carbocycles. The first-order valence-electron chi connectivity index (χ1n) is 10.9. The van der Waals surface area contributed by atoms with Gasteiger partial charge in [0.15, 0.2) is 0 Å². The summed E-state index contributed by atoms with van der Waals surface area (Å²) < 4.78 is 0. The highest BCUT2D eigenvalue weighted by Gasteiger charge is 2.59. The first-order chi connectivity index (χ1) is 15.3. The van der Waals surface area contributed by atoms with Gasteiger partial charge in [-0.25, -0.2) is 0 Å². The van der Waals surface area contributed by atoms with Crippen molar-refractivity contribution < 1.29 is 9.90 Å². The molecule has 3 N–H and O–H groups in total. The van der Waals surface area contributed by atoms with Crippen LogP contribution in [-0.2, 0) is 10.2 Å². The molecule has 1 saturated heterocycles. The van der Waals surface area contributed by atoms with E-state index in [1.54, 1.807) is 18.2 Å². The van der Waals surface area contributed by atoms with E-state index in [4.69, 9.17) is 28.3 Å². The zero-order chi connectivity index (χ0) is 23.3. The molecule has 1 amide bonds. The molecule has 32 heavy (non-hydrogen) atoms. The maximum atomic E-state index is 13.3. The van der Waals surface area contributed by atoms with Crippen LogP contribution < -0.4 is 10.6 Å². The van der Waals surface area contributed by atoms with Gasteiger partial charge in [-0.3, -0.25) is 4.79 Å². The van der Waals surface area contributed by atoms with Crippen molar-refractivity contribution in [3.05, 3.63) is 69.7 Å². The average molecular weight is 474 g/mol. The predicted octanol–water partition coefficient (Wildman–Crippen LogP) is 4.42. The smallest absolute Gasteiger partial charge is 0.237 e. The van der Waals surface area contributed by atoms with E-state index in [1.807, 2.05) is 30.3 Å². The molecule has 1 aliphatic rings. The molecule has 1 heterocycles. The molecule has 1 fully saturated rings. The van der Waals surface area contributed by atoms with Gasteiger partial charge >= 0.3 is 0 Å². The third-order valence-corrected chi connectivity index (χ3v) is 6.58. The number of aliphatic hydroxyl groups is 1. The molecule has 0 aliphatic carbocycles. The Morgan fingerprint density at radius 1 is 1.22 bits per heavy atom.